The lowest BCUT2D eigenvalue weighted by Crippen LogP contribution is -2.11. The molecule has 20 heavy (non-hydrogen) atoms. The molecule has 4 nitrogen and oxygen atoms in total. The SMILES string of the molecule is Cc1ccc(NS(=O)(=O)c2ccc(CCO)s2)cc1Cl. The highest BCUT2D eigenvalue weighted by Gasteiger charge is 2.17. The summed E-state index contributed by atoms with van der Waals surface area (Å²) in [4.78, 5) is 0.829. The standard InChI is InChI=1S/C13H14ClNO3S2/c1-9-2-3-10(8-12(9)14)15-20(17,18)13-5-4-11(19-13)6-7-16/h2-5,8,15-16H,6-7H2,1H3. The summed E-state index contributed by atoms with van der Waals surface area (Å²) >= 11 is 7.12. The molecule has 108 valence electrons. The number of thiophene rings is 1. The van der Waals surface area contributed by atoms with Crippen LogP contribution in [0.2, 0.25) is 5.02 Å². The summed E-state index contributed by atoms with van der Waals surface area (Å²) in [6.07, 6.45) is 0.455. The van der Waals surface area contributed by atoms with Gasteiger partial charge in [-0.3, -0.25) is 4.72 Å². The molecule has 1 heterocycles. The van der Waals surface area contributed by atoms with Crippen molar-refractivity contribution in [3.63, 3.8) is 0 Å². The Morgan fingerprint density at radius 2 is 2.05 bits per heavy atom. The summed E-state index contributed by atoms with van der Waals surface area (Å²) in [5, 5.41) is 9.36. The highest BCUT2D eigenvalue weighted by Crippen LogP contribution is 2.26. The highest BCUT2D eigenvalue weighted by molar-refractivity contribution is 7.94. The molecular weight excluding hydrogens is 318 g/mol. The Hall–Kier alpha value is -1.08. The number of anilines is 1. The molecule has 0 atom stereocenters. The number of rotatable bonds is 5. The van der Waals surface area contributed by atoms with Crippen LogP contribution in [0.3, 0.4) is 0 Å². The van der Waals surface area contributed by atoms with Crippen molar-refractivity contribution in [1.82, 2.24) is 0 Å². The number of aryl methyl sites for hydroxylation is 1. The van der Waals surface area contributed by atoms with Crippen molar-refractivity contribution in [3.8, 4) is 0 Å². The summed E-state index contributed by atoms with van der Waals surface area (Å²) in [5.41, 5.74) is 1.31. The fraction of sp³-hybridized carbons (Fsp3) is 0.231. The zero-order chi connectivity index (χ0) is 14.8. The molecule has 0 amide bonds. The van der Waals surface area contributed by atoms with Crippen LogP contribution < -0.4 is 4.72 Å². The largest absolute Gasteiger partial charge is 0.396 e. The van der Waals surface area contributed by atoms with Gasteiger partial charge in [0.15, 0.2) is 0 Å². The van der Waals surface area contributed by atoms with Gasteiger partial charge in [0.05, 0.1) is 5.69 Å². The normalized spacial score (nSPS) is 11.6. The average molecular weight is 332 g/mol. The van der Waals surface area contributed by atoms with Gasteiger partial charge in [-0.05, 0) is 36.8 Å². The second kappa shape index (κ2) is 6.13. The molecule has 7 heteroatoms. The summed E-state index contributed by atoms with van der Waals surface area (Å²) in [6, 6.07) is 8.24. The second-order valence-electron chi connectivity index (χ2n) is 4.26. The van der Waals surface area contributed by atoms with E-state index < -0.39 is 10.0 Å². The van der Waals surface area contributed by atoms with E-state index in [4.69, 9.17) is 16.7 Å². The fourth-order valence-corrected chi connectivity index (χ4v) is 4.18. The third-order valence-electron chi connectivity index (χ3n) is 2.68. The topological polar surface area (TPSA) is 66.4 Å². The maximum absolute atomic E-state index is 12.2. The molecule has 0 saturated carbocycles. The molecule has 1 aromatic carbocycles. The number of aliphatic hydroxyl groups excluding tert-OH is 1. The molecule has 1 aromatic heterocycles. The molecule has 0 aliphatic carbocycles. The molecule has 2 rings (SSSR count). The highest BCUT2D eigenvalue weighted by atomic mass is 35.5. The number of hydrogen-bond acceptors (Lipinski definition) is 4. The molecule has 0 bridgehead atoms. The molecule has 0 unspecified atom stereocenters. The minimum atomic E-state index is -3.61. The van der Waals surface area contributed by atoms with E-state index in [2.05, 4.69) is 4.72 Å². The van der Waals surface area contributed by atoms with E-state index in [1.54, 1.807) is 24.3 Å². The Morgan fingerprint density at radius 1 is 1.30 bits per heavy atom. The smallest absolute Gasteiger partial charge is 0.271 e. The van der Waals surface area contributed by atoms with E-state index in [-0.39, 0.29) is 10.8 Å². The van der Waals surface area contributed by atoms with Gasteiger partial charge in [0, 0.05) is 22.9 Å². The van der Waals surface area contributed by atoms with Gasteiger partial charge in [0.2, 0.25) is 0 Å². The van der Waals surface area contributed by atoms with Gasteiger partial charge in [0.1, 0.15) is 4.21 Å². The number of hydrogen-bond donors (Lipinski definition) is 2. The lowest BCUT2D eigenvalue weighted by molar-refractivity contribution is 0.300. The van der Waals surface area contributed by atoms with Crippen LogP contribution in [0.5, 0.6) is 0 Å². The molecule has 0 aliphatic heterocycles. The molecule has 0 fully saturated rings. The predicted molar refractivity (Wildman–Crippen MR) is 82.1 cm³/mol. The van der Waals surface area contributed by atoms with Gasteiger partial charge in [-0.15, -0.1) is 11.3 Å². The van der Waals surface area contributed by atoms with Crippen molar-refractivity contribution >= 4 is 38.6 Å². The molecule has 0 spiro atoms. The summed E-state index contributed by atoms with van der Waals surface area (Å²) < 4.78 is 27.1. The van der Waals surface area contributed by atoms with E-state index in [1.807, 2.05) is 6.92 Å². The number of sulfonamides is 1. The molecule has 2 aromatic rings. The zero-order valence-electron chi connectivity index (χ0n) is 10.8. The maximum Gasteiger partial charge on any atom is 0.271 e. The van der Waals surface area contributed by atoms with Crippen LogP contribution >= 0.6 is 22.9 Å². The van der Waals surface area contributed by atoms with Crippen molar-refractivity contribution in [3.05, 3.63) is 45.8 Å². The van der Waals surface area contributed by atoms with Gasteiger partial charge >= 0.3 is 0 Å². The van der Waals surface area contributed by atoms with Crippen LogP contribution in [0.15, 0.2) is 34.5 Å². The number of benzene rings is 1. The van der Waals surface area contributed by atoms with Gasteiger partial charge in [0.25, 0.3) is 10.0 Å². The van der Waals surface area contributed by atoms with Crippen LogP contribution in [-0.4, -0.2) is 20.1 Å². The zero-order valence-corrected chi connectivity index (χ0v) is 13.1. The van der Waals surface area contributed by atoms with Gasteiger partial charge in [-0.2, -0.15) is 0 Å². The van der Waals surface area contributed by atoms with E-state index in [0.29, 0.717) is 17.1 Å². The van der Waals surface area contributed by atoms with Crippen molar-refractivity contribution in [2.24, 2.45) is 0 Å². The lowest BCUT2D eigenvalue weighted by atomic mass is 10.2. The van der Waals surface area contributed by atoms with Crippen LogP contribution in [0.25, 0.3) is 0 Å². The van der Waals surface area contributed by atoms with E-state index in [9.17, 15) is 8.42 Å². The van der Waals surface area contributed by atoms with Crippen LogP contribution in [0, 0.1) is 6.92 Å². The van der Waals surface area contributed by atoms with Gasteiger partial charge in [-0.1, -0.05) is 17.7 Å². The predicted octanol–water partition coefficient (Wildman–Crippen LogP) is 3.05. The molecule has 0 saturated heterocycles. The Labute approximate surface area is 127 Å². The van der Waals surface area contributed by atoms with E-state index >= 15 is 0 Å². The van der Waals surface area contributed by atoms with Crippen LogP contribution in [-0.2, 0) is 16.4 Å². The summed E-state index contributed by atoms with van der Waals surface area (Å²) in [7, 11) is -3.61. The lowest BCUT2D eigenvalue weighted by Gasteiger charge is -2.07. The van der Waals surface area contributed by atoms with E-state index in [1.165, 1.54) is 6.07 Å². The first-order valence-corrected chi connectivity index (χ1v) is 8.58. The van der Waals surface area contributed by atoms with E-state index in [0.717, 1.165) is 21.8 Å². The van der Waals surface area contributed by atoms with Crippen LogP contribution in [0.1, 0.15) is 10.4 Å². The first-order chi connectivity index (χ1) is 9.42. The second-order valence-corrected chi connectivity index (χ2v) is 7.75. The number of halogens is 1. The van der Waals surface area contributed by atoms with Gasteiger partial charge in [-0.25, -0.2) is 8.42 Å². The number of aliphatic hydroxyl groups is 1. The van der Waals surface area contributed by atoms with Gasteiger partial charge < -0.3 is 5.11 Å². The summed E-state index contributed by atoms with van der Waals surface area (Å²) in [6.45, 7) is 1.85. The Bertz CT molecular complexity index is 710. The summed E-state index contributed by atoms with van der Waals surface area (Å²) in [5.74, 6) is 0. The molecule has 0 radical (unpaired) electrons. The fourth-order valence-electron chi connectivity index (χ4n) is 1.61. The minimum Gasteiger partial charge on any atom is -0.396 e. The molecule has 2 N–H and O–H groups in total. The van der Waals surface area contributed by atoms with Crippen molar-refractivity contribution in [1.29, 1.82) is 0 Å². The third-order valence-corrected chi connectivity index (χ3v) is 6.11. The first-order valence-electron chi connectivity index (χ1n) is 5.91. The van der Waals surface area contributed by atoms with Crippen molar-refractivity contribution in [2.45, 2.75) is 17.6 Å². The first kappa shape index (κ1) is 15.3. The Balaban J connectivity index is 2.23. The Morgan fingerprint density at radius 3 is 2.70 bits per heavy atom. The maximum atomic E-state index is 12.2. The quantitative estimate of drug-likeness (QED) is 0.885. The molecular formula is C13H14ClNO3S2. The molecule has 0 aliphatic rings. The number of nitrogens with one attached hydrogen (secondary N) is 1. The van der Waals surface area contributed by atoms with Crippen molar-refractivity contribution in [2.75, 3.05) is 11.3 Å². The average Bonchev–Trinajstić information content (AvgIpc) is 2.83. The third kappa shape index (κ3) is 3.52. The monoisotopic (exact) mass is 331 g/mol. The Kier molecular flexibility index (Phi) is 4.70. The van der Waals surface area contributed by atoms with Crippen LogP contribution in [0.4, 0.5) is 5.69 Å². The minimum absolute atomic E-state index is 0.000992. The van der Waals surface area contributed by atoms with Crippen molar-refractivity contribution < 1.29 is 13.5 Å².